The molecule has 0 aromatic rings. The van der Waals surface area contributed by atoms with Crippen LogP contribution < -0.4 is 0 Å². The third-order valence-corrected chi connectivity index (χ3v) is 6.07. The molecule has 0 aromatic heterocycles. The molecule has 0 radical (unpaired) electrons. The number of hydrogen-bond acceptors (Lipinski definition) is 1. The Morgan fingerprint density at radius 1 is 1.38 bits per heavy atom. The molecule has 1 aliphatic heterocycles. The zero-order chi connectivity index (χ0) is 14.9. The van der Waals surface area contributed by atoms with E-state index >= 15 is 0 Å². The standard InChI is InChI=1S/C20H31N/c1-4-16(2)13-17(3)21-12-11-20(15-21)10-9-18-7-5-6-8-19(18)14-20/h5,7,16H,3-4,6,8-15H2,1-2H3. The first-order valence-corrected chi connectivity index (χ1v) is 8.92. The fourth-order valence-electron chi connectivity index (χ4n) is 4.39. The Morgan fingerprint density at radius 3 is 3.05 bits per heavy atom. The Bertz CT molecular complexity index is 470. The topological polar surface area (TPSA) is 3.24 Å². The van der Waals surface area contributed by atoms with Crippen molar-refractivity contribution in [2.45, 2.75) is 65.2 Å². The van der Waals surface area contributed by atoms with Gasteiger partial charge in [-0.25, -0.2) is 0 Å². The molecule has 1 nitrogen and oxygen atoms in total. The van der Waals surface area contributed by atoms with Crippen molar-refractivity contribution >= 4 is 0 Å². The van der Waals surface area contributed by atoms with Crippen molar-refractivity contribution in [1.82, 2.24) is 4.90 Å². The van der Waals surface area contributed by atoms with E-state index in [-0.39, 0.29) is 0 Å². The highest BCUT2D eigenvalue weighted by molar-refractivity contribution is 5.33. The number of allylic oxidation sites excluding steroid dienone is 5. The van der Waals surface area contributed by atoms with E-state index in [0.717, 1.165) is 5.92 Å². The van der Waals surface area contributed by atoms with Crippen molar-refractivity contribution in [2.75, 3.05) is 13.1 Å². The van der Waals surface area contributed by atoms with Crippen molar-refractivity contribution in [1.29, 1.82) is 0 Å². The minimum absolute atomic E-state index is 0.572. The van der Waals surface area contributed by atoms with Gasteiger partial charge in [0.2, 0.25) is 0 Å². The lowest BCUT2D eigenvalue weighted by atomic mass is 9.69. The first-order valence-electron chi connectivity index (χ1n) is 8.92. The molecule has 1 heteroatoms. The van der Waals surface area contributed by atoms with Crippen LogP contribution in [0.5, 0.6) is 0 Å². The number of nitrogens with zero attached hydrogens (tertiary/aromatic N) is 1. The highest BCUT2D eigenvalue weighted by Crippen LogP contribution is 2.48. The second-order valence-electron chi connectivity index (χ2n) is 7.70. The number of hydrogen-bond donors (Lipinski definition) is 0. The third kappa shape index (κ3) is 3.12. The molecule has 0 saturated carbocycles. The largest absolute Gasteiger partial charge is 0.375 e. The molecule has 3 rings (SSSR count). The molecule has 1 heterocycles. The maximum Gasteiger partial charge on any atom is 0.0235 e. The Labute approximate surface area is 130 Å². The lowest BCUT2D eigenvalue weighted by Gasteiger charge is -2.37. The Morgan fingerprint density at radius 2 is 2.24 bits per heavy atom. The molecule has 0 aromatic carbocycles. The second kappa shape index (κ2) is 6.02. The molecule has 2 atom stereocenters. The van der Waals surface area contributed by atoms with E-state index in [0.29, 0.717) is 5.41 Å². The highest BCUT2D eigenvalue weighted by atomic mass is 15.2. The van der Waals surface area contributed by atoms with Gasteiger partial charge in [0.05, 0.1) is 0 Å². The van der Waals surface area contributed by atoms with Crippen molar-refractivity contribution in [3.05, 3.63) is 35.6 Å². The normalized spacial score (nSPS) is 29.9. The van der Waals surface area contributed by atoms with Gasteiger partial charge in [0.15, 0.2) is 0 Å². The van der Waals surface area contributed by atoms with Crippen LogP contribution in [0.25, 0.3) is 0 Å². The van der Waals surface area contributed by atoms with Gasteiger partial charge in [-0.1, -0.05) is 44.6 Å². The molecular formula is C20H31N. The first-order chi connectivity index (χ1) is 10.1. The van der Waals surface area contributed by atoms with Crippen molar-refractivity contribution in [3.8, 4) is 0 Å². The predicted octanol–water partition coefficient (Wildman–Crippen LogP) is 5.46. The molecule has 1 saturated heterocycles. The van der Waals surface area contributed by atoms with Crippen LogP contribution in [0.2, 0.25) is 0 Å². The minimum Gasteiger partial charge on any atom is -0.375 e. The van der Waals surface area contributed by atoms with E-state index < -0.39 is 0 Å². The van der Waals surface area contributed by atoms with Crippen LogP contribution in [0, 0.1) is 11.3 Å². The monoisotopic (exact) mass is 285 g/mol. The SMILES string of the molecule is C=C(CC(C)CC)N1CCC2(CCC3=C(CCC=C3)C2)C1. The molecule has 0 N–H and O–H groups in total. The fraction of sp³-hybridized carbons (Fsp3) is 0.700. The number of likely N-dealkylation sites (tertiary alicyclic amines) is 1. The van der Waals surface area contributed by atoms with Gasteiger partial charge in [0.25, 0.3) is 0 Å². The van der Waals surface area contributed by atoms with Crippen molar-refractivity contribution in [3.63, 3.8) is 0 Å². The van der Waals surface area contributed by atoms with Crippen LogP contribution >= 0.6 is 0 Å². The van der Waals surface area contributed by atoms with Crippen LogP contribution in [0.1, 0.15) is 65.2 Å². The molecule has 1 spiro atoms. The van der Waals surface area contributed by atoms with E-state index in [2.05, 4.69) is 37.5 Å². The van der Waals surface area contributed by atoms with E-state index in [1.807, 2.05) is 0 Å². The van der Waals surface area contributed by atoms with Gasteiger partial charge >= 0.3 is 0 Å². The summed E-state index contributed by atoms with van der Waals surface area (Å²) in [6.45, 7) is 11.5. The summed E-state index contributed by atoms with van der Waals surface area (Å²) in [5, 5.41) is 0. The fourth-order valence-corrected chi connectivity index (χ4v) is 4.39. The van der Waals surface area contributed by atoms with E-state index in [9.17, 15) is 0 Å². The lowest BCUT2D eigenvalue weighted by molar-refractivity contribution is 0.242. The second-order valence-corrected chi connectivity index (χ2v) is 7.70. The summed E-state index contributed by atoms with van der Waals surface area (Å²) >= 11 is 0. The van der Waals surface area contributed by atoms with Crippen LogP contribution in [-0.4, -0.2) is 18.0 Å². The molecule has 21 heavy (non-hydrogen) atoms. The molecule has 0 amide bonds. The number of rotatable bonds is 4. The van der Waals surface area contributed by atoms with Crippen LogP contribution in [0.3, 0.4) is 0 Å². The van der Waals surface area contributed by atoms with Gasteiger partial charge in [0, 0.05) is 18.8 Å². The molecule has 116 valence electrons. The quantitative estimate of drug-likeness (QED) is 0.663. The molecule has 1 fully saturated rings. The minimum atomic E-state index is 0.572. The van der Waals surface area contributed by atoms with Gasteiger partial charge in [-0.2, -0.15) is 0 Å². The Hall–Kier alpha value is -0.980. The average Bonchev–Trinajstić information content (AvgIpc) is 2.91. The molecule has 2 aliphatic carbocycles. The Balaban J connectivity index is 1.63. The predicted molar refractivity (Wildman–Crippen MR) is 91.1 cm³/mol. The van der Waals surface area contributed by atoms with E-state index in [1.54, 1.807) is 11.1 Å². The zero-order valence-corrected chi connectivity index (χ0v) is 14.0. The van der Waals surface area contributed by atoms with Gasteiger partial charge in [0.1, 0.15) is 0 Å². The van der Waals surface area contributed by atoms with Crippen LogP contribution in [-0.2, 0) is 0 Å². The summed E-state index contributed by atoms with van der Waals surface area (Å²) < 4.78 is 0. The summed E-state index contributed by atoms with van der Waals surface area (Å²) in [5.41, 5.74) is 5.41. The maximum absolute atomic E-state index is 4.39. The summed E-state index contributed by atoms with van der Waals surface area (Å²) in [4.78, 5) is 2.61. The maximum atomic E-state index is 4.39. The van der Waals surface area contributed by atoms with Crippen LogP contribution in [0.15, 0.2) is 35.6 Å². The highest BCUT2D eigenvalue weighted by Gasteiger charge is 2.41. The van der Waals surface area contributed by atoms with E-state index in [4.69, 9.17) is 0 Å². The molecule has 0 bridgehead atoms. The van der Waals surface area contributed by atoms with Crippen molar-refractivity contribution < 1.29 is 0 Å². The summed E-state index contributed by atoms with van der Waals surface area (Å²) in [6, 6.07) is 0. The van der Waals surface area contributed by atoms with Crippen molar-refractivity contribution in [2.24, 2.45) is 11.3 Å². The molecular weight excluding hydrogens is 254 g/mol. The summed E-state index contributed by atoms with van der Waals surface area (Å²) in [5.74, 6) is 0.776. The molecule has 2 unspecified atom stereocenters. The van der Waals surface area contributed by atoms with Crippen LogP contribution in [0.4, 0.5) is 0 Å². The first kappa shape index (κ1) is 14.9. The Kier molecular flexibility index (Phi) is 4.28. The third-order valence-electron chi connectivity index (χ3n) is 6.07. The molecule has 3 aliphatic rings. The zero-order valence-electron chi connectivity index (χ0n) is 14.0. The summed E-state index contributed by atoms with van der Waals surface area (Å²) in [6.07, 6.45) is 15.3. The van der Waals surface area contributed by atoms with Gasteiger partial charge in [-0.3, -0.25) is 0 Å². The van der Waals surface area contributed by atoms with Gasteiger partial charge in [-0.15, -0.1) is 0 Å². The van der Waals surface area contributed by atoms with Gasteiger partial charge < -0.3 is 4.90 Å². The summed E-state index contributed by atoms with van der Waals surface area (Å²) in [7, 11) is 0. The smallest absolute Gasteiger partial charge is 0.0235 e. The lowest BCUT2D eigenvalue weighted by Crippen LogP contribution is -2.30. The van der Waals surface area contributed by atoms with E-state index in [1.165, 1.54) is 70.2 Å². The van der Waals surface area contributed by atoms with Gasteiger partial charge in [-0.05, 0) is 61.9 Å². The average molecular weight is 285 g/mol.